The number of halogens is 1. The maximum atomic E-state index is 9.25. The van der Waals surface area contributed by atoms with E-state index in [-0.39, 0.29) is 0 Å². The molecule has 0 radical (unpaired) electrons. The Morgan fingerprint density at radius 3 is 2.47 bits per heavy atom. The molecule has 2 N–H and O–H groups in total. The van der Waals surface area contributed by atoms with E-state index >= 15 is 0 Å². The van der Waals surface area contributed by atoms with Crippen molar-refractivity contribution in [1.82, 2.24) is 0 Å². The molecule has 98 valence electrons. The molecule has 0 amide bonds. The van der Waals surface area contributed by atoms with Crippen LogP contribution in [-0.2, 0) is 0 Å². The molecule has 0 atom stereocenters. The van der Waals surface area contributed by atoms with E-state index in [9.17, 15) is 5.11 Å². The number of benzene rings is 2. The maximum absolute atomic E-state index is 9.25. The van der Waals surface area contributed by atoms with Gasteiger partial charge in [-0.15, -0.1) is 0 Å². The zero-order valence-electron chi connectivity index (χ0n) is 10.5. The number of rotatable bonds is 3. The first kappa shape index (κ1) is 12.5. The van der Waals surface area contributed by atoms with E-state index in [1.807, 2.05) is 12.1 Å². The molecule has 1 fully saturated rings. The van der Waals surface area contributed by atoms with Gasteiger partial charge in [0.1, 0.15) is 5.75 Å². The molecule has 2 aromatic carbocycles. The van der Waals surface area contributed by atoms with E-state index in [4.69, 9.17) is 0 Å². The highest BCUT2D eigenvalue weighted by molar-refractivity contribution is 9.10. The summed E-state index contributed by atoms with van der Waals surface area (Å²) in [6, 6.07) is 16.4. The van der Waals surface area contributed by atoms with Crippen molar-refractivity contribution in [2.45, 2.75) is 24.8 Å². The molecule has 1 saturated carbocycles. The molecule has 0 saturated heterocycles. The van der Waals surface area contributed by atoms with Crippen molar-refractivity contribution in [3.8, 4) is 5.75 Å². The van der Waals surface area contributed by atoms with E-state index in [0.717, 1.165) is 23.0 Å². The van der Waals surface area contributed by atoms with E-state index in [1.54, 1.807) is 12.1 Å². The molecule has 0 unspecified atom stereocenters. The van der Waals surface area contributed by atoms with Crippen molar-refractivity contribution >= 4 is 21.6 Å². The van der Waals surface area contributed by atoms with Crippen LogP contribution in [0.4, 0.5) is 5.69 Å². The van der Waals surface area contributed by atoms with Gasteiger partial charge in [0.25, 0.3) is 0 Å². The Bertz CT molecular complexity index is 561. The minimum atomic E-state index is 0.311. The molecule has 1 aliphatic rings. The molecule has 0 aliphatic heterocycles. The summed E-state index contributed by atoms with van der Waals surface area (Å²) in [6.45, 7) is 0. The Balaban J connectivity index is 1.57. The van der Waals surface area contributed by atoms with E-state index in [1.165, 1.54) is 5.56 Å². The van der Waals surface area contributed by atoms with Crippen molar-refractivity contribution < 1.29 is 5.11 Å². The van der Waals surface area contributed by atoms with Crippen LogP contribution in [0.15, 0.2) is 53.0 Å². The molecule has 3 heteroatoms. The zero-order chi connectivity index (χ0) is 13.2. The lowest BCUT2D eigenvalue weighted by Crippen LogP contribution is -2.33. The predicted molar refractivity (Wildman–Crippen MR) is 81.6 cm³/mol. The van der Waals surface area contributed by atoms with Gasteiger partial charge in [0.05, 0.1) is 0 Å². The summed E-state index contributed by atoms with van der Waals surface area (Å²) in [5.41, 5.74) is 2.49. The molecule has 0 spiro atoms. The molecular weight excluding hydrogens is 302 g/mol. The van der Waals surface area contributed by atoms with Gasteiger partial charge in [-0.2, -0.15) is 0 Å². The average molecular weight is 318 g/mol. The standard InChI is InChI=1S/C16H16BrNO/c17-13-3-1-2-11(8-13)12-9-15(10-12)18-14-4-6-16(19)7-5-14/h1-8,12,15,18-19H,9-10H2. The van der Waals surface area contributed by atoms with Crippen LogP contribution in [-0.4, -0.2) is 11.1 Å². The van der Waals surface area contributed by atoms with E-state index in [0.29, 0.717) is 17.7 Å². The first-order chi connectivity index (χ1) is 9.20. The fraction of sp³-hybridized carbons (Fsp3) is 0.250. The Morgan fingerprint density at radius 1 is 1.05 bits per heavy atom. The maximum Gasteiger partial charge on any atom is 0.115 e. The summed E-state index contributed by atoms with van der Waals surface area (Å²) < 4.78 is 1.15. The van der Waals surface area contributed by atoms with Crippen LogP contribution in [0.3, 0.4) is 0 Å². The summed E-state index contributed by atoms with van der Waals surface area (Å²) >= 11 is 3.52. The number of hydrogen-bond acceptors (Lipinski definition) is 2. The van der Waals surface area contributed by atoms with Crippen molar-refractivity contribution in [3.05, 3.63) is 58.6 Å². The molecule has 2 aromatic rings. The number of aromatic hydroxyl groups is 1. The van der Waals surface area contributed by atoms with Crippen LogP contribution >= 0.6 is 15.9 Å². The Labute approximate surface area is 121 Å². The number of nitrogens with one attached hydrogen (secondary N) is 1. The molecular formula is C16H16BrNO. The topological polar surface area (TPSA) is 32.3 Å². The number of phenolic OH excluding ortho intramolecular Hbond substituents is 1. The largest absolute Gasteiger partial charge is 0.508 e. The van der Waals surface area contributed by atoms with Crippen LogP contribution in [0.25, 0.3) is 0 Å². The smallest absolute Gasteiger partial charge is 0.115 e. The second-order valence-electron chi connectivity index (χ2n) is 5.11. The molecule has 0 aromatic heterocycles. The first-order valence-corrected chi connectivity index (χ1v) is 7.31. The lowest BCUT2D eigenvalue weighted by Gasteiger charge is -2.37. The Kier molecular flexibility index (Phi) is 3.47. The molecule has 0 heterocycles. The minimum Gasteiger partial charge on any atom is -0.508 e. The van der Waals surface area contributed by atoms with E-state index in [2.05, 4.69) is 45.5 Å². The van der Waals surface area contributed by atoms with Gasteiger partial charge in [0.2, 0.25) is 0 Å². The summed E-state index contributed by atoms with van der Waals surface area (Å²) in [5.74, 6) is 0.971. The third-order valence-corrected chi connectivity index (χ3v) is 4.19. The lowest BCUT2D eigenvalue weighted by molar-refractivity contribution is 0.374. The van der Waals surface area contributed by atoms with Crippen LogP contribution in [0, 0.1) is 0 Å². The van der Waals surface area contributed by atoms with Crippen molar-refractivity contribution in [2.24, 2.45) is 0 Å². The van der Waals surface area contributed by atoms with Gasteiger partial charge in [-0.25, -0.2) is 0 Å². The average Bonchev–Trinajstić information content (AvgIpc) is 2.35. The molecule has 1 aliphatic carbocycles. The number of hydrogen-bond donors (Lipinski definition) is 2. The Morgan fingerprint density at radius 2 is 1.79 bits per heavy atom. The molecule has 19 heavy (non-hydrogen) atoms. The summed E-state index contributed by atoms with van der Waals surface area (Å²) in [7, 11) is 0. The molecule has 3 rings (SSSR count). The summed E-state index contributed by atoms with van der Waals surface area (Å²) in [5, 5.41) is 12.7. The van der Waals surface area contributed by atoms with Crippen LogP contribution < -0.4 is 5.32 Å². The summed E-state index contributed by atoms with van der Waals surface area (Å²) in [4.78, 5) is 0. The van der Waals surface area contributed by atoms with Gasteiger partial charge >= 0.3 is 0 Å². The zero-order valence-corrected chi connectivity index (χ0v) is 12.1. The Hall–Kier alpha value is -1.48. The quantitative estimate of drug-likeness (QED) is 0.816. The van der Waals surface area contributed by atoms with Crippen LogP contribution in [0.1, 0.15) is 24.3 Å². The SMILES string of the molecule is Oc1ccc(NC2CC(c3cccc(Br)c3)C2)cc1. The first-order valence-electron chi connectivity index (χ1n) is 6.52. The lowest BCUT2D eigenvalue weighted by atomic mass is 9.76. The highest BCUT2D eigenvalue weighted by Crippen LogP contribution is 2.39. The second kappa shape index (κ2) is 5.25. The van der Waals surface area contributed by atoms with Gasteiger partial charge in [0.15, 0.2) is 0 Å². The van der Waals surface area contributed by atoms with Crippen molar-refractivity contribution in [3.63, 3.8) is 0 Å². The molecule has 2 nitrogen and oxygen atoms in total. The van der Waals surface area contributed by atoms with Gasteiger partial charge in [0, 0.05) is 16.2 Å². The van der Waals surface area contributed by atoms with Gasteiger partial charge < -0.3 is 10.4 Å². The van der Waals surface area contributed by atoms with Crippen LogP contribution in [0.5, 0.6) is 5.75 Å². The predicted octanol–water partition coefficient (Wildman–Crippen LogP) is 4.51. The van der Waals surface area contributed by atoms with Crippen LogP contribution in [0.2, 0.25) is 0 Å². The van der Waals surface area contributed by atoms with Crippen molar-refractivity contribution in [1.29, 1.82) is 0 Å². The second-order valence-corrected chi connectivity index (χ2v) is 6.03. The third-order valence-electron chi connectivity index (χ3n) is 3.70. The number of phenols is 1. The van der Waals surface area contributed by atoms with Crippen molar-refractivity contribution in [2.75, 3.05) is 5.32 Å². The fourth-order valence-electron chi connectivity index (χ4n) is 2.56. The monoisotopic (exact) mass is 317 g/mol. The highest BCUT2D eigenvalue weighted by Gasteiger charge is 2.30. The fourth-order valence-corrected chi connectivity index (χ4v) is 2.98. The van der Waals surface area contributed by atoms with E-state index < -0.39 is 0 Å². The van der Waals surface area contributed by atoms with Gasteiger partial charge in [-0.1, -0.05) is 28.1 Å². The normalized spacial score (nSPS) is 21.7. The van der Waals surface area contributed by atoms with Gasteiger partial charge in [-0.05, 0) is 60.7 Å². The van der Waals surface area contributed by atoms with Gasteiger partial charge in [-0.3, -0.25) is 0 Å². The number of anilines is 1. The molecule has 0 bridgehead atoms. The summed E-state index contributed by atoms with van der Waals surface area (Å²) in [6.07, 6.45) is 2.33. The highest BCUT2D eigenvalue weighted by atomic mass is 79.9. The minimum absolute atomic E-state index is 0.311. The third kappa shape index (κ3) is 2.92.